The first-order valence-electron chi connectivity index (χ1n) is 6.24. The highest BCUT2D eigenvalue weighted by molar-refractivity contribution is 6.35. The van der Waals surface area contributed by atoms with Crippen LogP contribution in [0.25, 0.3) is 0 Å². The Morgan fingerprint density at radius 3 is 2.38 bits per heavy atom. The van der Waals surface area contributed by atoms with Crippen molar-refractivity contribution >= 4 is 11.8 Å². The summed E-state index contributed by atoms with van der Waals surface area (Å²) in [5.74, 6) is -0.980. The number of carbonyl (C=O) groups is 2. The zero-order valence-corrected chi connectivity index (χ0v) is 10.2. The fraction of sp³-hybridized carbons (Fsp3) is 0.833. The number of nitrogens with one attached hydrogen (secondary N) is 2. The van der Waals surface area contributed by atoms with Crippen molar-refractivity contribution < 1.29 is 9.59 Å². The Morgan fingerprint density at radius 1 is 1.19 bits per heavy atom. The summed E-state index contributed by atoms with van der Waals surface area (Å²) in [5.41, 5.74) is 0. The molecule has 0 spiro atoms. The maximum absolute atomic E-state index is 11.5. The first-order chi connectivity index (χ1) is 7.63. The van der Waals surface area contributed by atoms with Crippen LogP contribution < -0.4 is 10.6 Å². The molecule has 0 aromatic carbocycles. The van der Waals surface area contributed by atoms with E-state index < -0.39 is 11.8 Å². The lowest BCUT2D eigenvalue weighted by Crippen LogP contribution is -2.47. The minimum atomic E-state index is -0.500. The zero-order valence-electron chi connectivity index (χ0n) is 10.2. The second kappa shape index (κ2) is 6.51. The van der Waals surface area contributed by atoms with Gasteiger partial charge in [-0.15, -0.1) is 0 Å². The van der Waals surface area contributed by atoms with Gasteiger partial charge in [-0.2, -0.15) is 0 Å². The highest BCUT2D eigenvalue weighted by atomic mass is 16.2. The predicted molar refractivity (Wildman–Crippen MR) is 62.9 cm³/mol. The van der Waals surface area contributed by atoms with Gasteiger partial charge in [0.1, 0.15) is 0 Å². The molecule has 4 nitrogen and oxygen atoms in total. The van der Waals surface area contributed by atoms with Gasteiger partial charge in [0.25, 0.3) is 0 Å². The van der Waals surface area contributed by atoms with E-state index in [9.17, 15) is 9.59 Å². The predicted octanol–water partition coefficient (Wildman–Crippen LogP) is 1.35. The van der Waals surface area contributed by atoms with Crippen molar-refractivity contribution in [3.63, 3.8) is 0 Å². The molecule has 0 aromatic rings. The van der Waals surface area contributed by atoms with Crippen molar-refractivity contribution in [2.24, 2.45) is 0 Å². The summed E-state index contributed by atoms with van der Waals surface area (Å²) in [4.78, 5) is 23.0. The molecular formula is C12H22N2O2. The van der Waals surface area contributed by atoms with Crippen molar-refractivity contribution in [2.45, 2.75) is 64.5 Å². The van der Waals surface area contributed by atoms with Crippen LogP contribution in [0.2, 0.25) is 0 Å². The molecule has 1 fully saturated rings. The molecule has 1 saturated carbocycles. The van der Waals surface area contributed by atoms with Gasteiger partial charge in [0.05, 0.1) is 0 Å². The van der Waals surface area contributed by atoms with Gasteiger partial charge in [0.2, 0.25) is 0 Å². The molecule has 0 heterocycles. The van der Waals surface area contributed by atoms with Gasteiger partial charge in [-0.1, -0.05) is 26.2 Å². The molecule has 16 heavy (non-hydrogen) atoms. The lowest BCUT2D eigenvalue weighted by atomic mass is 9.95. The molecule has 1 atom stereocenters. The molecule has 2 amide bonds. The molecule has 1 aliphatic carbocycles. The fourth-order valence-corrected chi connectivity index (χ4v) is 1.89. The van der Waals surface area contributed by atoms with Crippen LogP contribution in [0.15, 0.2) is 0 Å². The smallest absolute Gasteiger partial charge is 0.309 e. The highest BCUT2D eigenvalue weighted by Crippen LogP contribution is 2.17. The second-order valence-electron chi connectivity index (χ2n) is 4.59. The summed E-state index contributed by atoms with van der Waals surface area (Å²) in [6.45, 7) is 3.87. The molecule has 0 unspecified atom stereocenters. The van der Waals surface area contributed by atoms with E-state index >= 15 is 0 Å². The Morgan fingerprint density at radius 2 is 1.81 bits per heavy atom. The molecule has 1 rings (SSSR count). The first-order valence-corrected chi connectivity index (χ1v) is 6.24. The Hall–Kier alpha value is -1.06. The quantitative estimate of drug-likeness (QED) is 0.714. The van der Waals surface area contributed by atoms with E-state index in [4.69, 9.17) is 0 Å². The summed E-state index contributed by atoms with van der Waals surface area (Å²) in [6, 6.07) is 0.258. The molecule has 0 saturated heterocycles. The number of hydrogen-bond acceptors (Lipinski definition) is 2. The number of carbonyl (C=O) groups excluding carboxylic acids is 2. The van der Waals surface area contributed by atoms with E-state index in [0.29, 0.717) is 0 Å². The molecule has 1 aliphatic rings. The van der Waals surface area contributed by atoms with Gasteiger partial charge >= 0.3 is 11.8 Å². The standard InChI is InChI=1S/C12H22N2O2/c1-3-9(2)13-11(15)12(16)14-10-7-5-4-6-8-10/h9-10H,3-8H2,1-2H3,(H,13,15)(H,14,16)/t9-/m1/s1. The molecule has 4 heteroatoms. The highest BCUT2D eigenvalue weighted by Gasteiger charge is 2.20. The third-order valence-corrected chi connectivity index (χ3v) is 3.14. The molecule has 0 aromatic heterocycles. The second-order valence-corrected chi connectivity index (χ2v) is 4.59. The first kappa shape index (κ1) is 13.0. The minimum absolute atomic E-state index is 0.0598. The molecule has 0 bridgehead atoms. The largest absolute Gasteiger partial charge is 0.345 e. The van der Waals surface area contributed by atoms with E-state index in [1.807, 2.05) is 13.8 Å². The van der Waals surface area contributed by atoms with Crippen molar-refractivity contribution in [1.82, 2.24) is 10.6 Å². The third-order valence-electron chi connectivity index (χ3n) is 3.14. The summed E-state index contributed by atoms with van der Waals surface area (Å²) in [7, 11) is 0. The molecule has 92 valence electrons. The Labute approximate surface area is 97.2 Å². The van der Waals surface area contributed by atoms with Crippen LogP contribution in [0, 0.1) is 0 Å². The van der Waals surface area contributed by atoms with Crippen LogP contribution in [-0.4, -0.2) is 23.9 Å². The van der Waals surface area contributed by atoms with Crippen LogP contribution in [-0.2, 0) is 9.59 Å². The topological polar surface area (TPSA) is 58.2 Å². The Balaban J connectivity index is 2.30. The normalized spacial score (nSPS) is 18.9. The Kier molecular flexibility index (Phi) is 5.29. The zero-order chi connectivity index (χ0) is 12.0. The monoisotopic (exact) mass is 226 g/mol. The fourth-order valence-electron chi connectivity index (χ4n) is 1.89. The van der Waals surface area contributed by atoms with Crippen molar-refractivity contribution in [3.8, 4) is 0 Å². The van der Waals surface area contributed by atoms with Crippen molar-refractivity contribution in [1.29, 1.82) is 0 Å². The van der Waals surface area contributed by atoms with E-state index in [2.05, 4.69) is 10.6 Å². The molecular weight excluding hydrogens is 204 g/mol. The van der Waals surface area contributed by atoms with Crippen LogP contribution in [0.4, 0.5) is 0 Å². The van der Waals surface area contributed by atoms with Crippen LogP contribution in [0.3, 0.4) is 0 Å². The average Bonchev–Trinajstić information content (AvgIpc) is 2.30. The maximum atomic E-state index is 11.5. The van der Waals surface area contributed by atoms with E-state index in [1.54, 1.807) is 0 Å². The van der Waals surface area contributed by atoms with Gasteiger partial charge in [-0.05, 0) is 26.2 Å². The van der Waals surface area contributed by atoms with Gasteiger partial charge in [-0.3, -0.25) is 9.59 Å². The SMILES string of the molecule is CC[C@@H](C)NC(=O)C(=O)NC1CCCCC1. The van der Waals surface area contributed by atoms with Gasteiger partial charge in [-0.25, -0.2) is 0 Å². The van der Waals surface area contributed by atoms with Crippen LogP contribution in [0.5, 0.6) is 0 Å². The average molecular weight is 226 g/mol. The van der Waals surface area contributed by atoms with Gasteiger partial charge in [0.15, 0.2) is 0 Å². The van der Waals surface area contributed by atoms with E-state index in [0.717, 1.165) is 32.1 Å². The van der Waals surface area contributed by atoms with Gasteiger partial charge in [0, 0.05) is 12.1 Å². The number of hydrogen-bond donors (Lipinski definition) is 2. The minimum Gasteiger partial charge on any atom is -0.345 e. The molecule has 0 radical (unpaired) electrons. The summed E-state index contributed by atoms with van der Waals surface area (Å²) >= 11 is 0. The lowest BCUT2D eigenvalue weighted by molar-refractivity contribution is -0.140. The summed E-state index contributed by atoms with van der Waals surface area (Å²) in [6.07, 6.45) is 6.38. The summed E-state index contributed by atoms with van der Waals surface area (Å²) in [5, 5.41) is 5.47. The lowest BCUT2D eigenvalue weighted by Gasteiger charge is -2.22. The van der Waals surface area contributed by atoms with E-state index in [-0.39, 0.29) is 12.1 Å². The van der Waals surface area contributed by atoms with Gasteiger partial charge < -0.3 is 10.6 Å². The van der Waals surface area contributed by atoms with Crippen molar-refractivity contribution in [2.75, 3.05) is 0 Å². The van der Waals surface area contributed by atoms with Crippen LogP contribution >= 0.6 is 0 Å². The van der Waals surface area contributed by atoms with Crippen LogP contribution in [0.1, 0.15) is 52.4 Å². The van der Waals surface area contributed by atoms with Crippen molar-refractivity contribution in [3.05, 3.63) is 0 Å². The number of rotatable bonds is 3. The molecule has 2 N–H and O–H groups in total. The Bertz CT molecular complexity index is 247. The summed E-state index contributed by atoms with van der Waals surface area (Å²) < 4.78 is 0. The number of amides is 2. The van der Waals surface area contributed by atoms with E-state index in [1.165, 1.54) is 6.42 Å². The maximum Gasteiger partial charge on any atom is 0.309 e. The molecule has 0 aliphatic heterocycles. The third kappa shape index (κ3) is 4.21.